The average molecular weight is 340 g/mol. The van der Waals surface area contributed by atoms with Crippen LogP contribution in [0.4, 0.5) is 0 Å². The van der Waals surface area contributed by atoms with Crippen LogP contribution < -0.4 is 0 Å². The highest BCUT2D eigenvalue weighted by Crippen LogP contribution is 2.28. The Morgan fingerprint density at radius 2 is 1.26 bits per heavy atom. The zero-order valence-electron chi connectivity index (χ0n) is 12.5. The maximum Gasteiger partial charge on any atom is 0.187 e. The highest BCUT2D eigenvalue weighted by Gasteiger charge is 2.49. The third-order valence-corrected chi connectivity index (χ3v) is 4.24. The number of aliphatic hydroxyl groups is 7. The molecule has 136 valence electrons. The average Bonchev–Trinajstić information content (AvgIpc) is 2.54. The van der Waals surface area contributed by atoms with E-state index < -0.39 is 74.4 Å². The molecule has 0 aromatic carbocycles. The van der Waals surface area contributed by atoms with Gasteiger partial charge < -0.3 is 50.0 Å². The standard InChI is InChI=1S/C13H24O10/c1-4-12(10(19)8(17)5(2-14)21-4)23-13-11(20)9(18)7(16)6(3-15)22-13/h4-20H,2-3H2,1H3/t4-,5?,6?,7-,8?,9?,10?,11?,12?,13-/m0/s1. The third-order valence-electron chi connectivity index (χ3n) is 4.24. The van der Waals surface area contributed by atoms with Crippen molar-refractivity contribution >= 4 is 0 Å². The number of hydrogen-bond donors (Lipinski definition) is 7. The summed E-state index contributed by atoms with van der Waals surface area (Å²) in [6.07, 6.45) is -13.0. The predicted molar refractivity (Wildman–Crippen MR) is 72.1 cm³/mol. The van der Waals surface area contributed by atoms with Crippen LogP contribution in [0.15, 0.2) is 0 Å². The van der Waals surface area contributed by atoms with E-state index in [2.05, 4.69) is 0 Å². The molecule has 7 unspecified atom stereocenters. The SMILES string of the molecule is C[C@@H]1OC(CO)C(O)C(O)C1O[C@@H]1OC(CO)[C@H](O)C(O)C1O. The molecule has 10 atom stereocenters. The molecule has 0 aromatic rings. The van der Waals surface area contributed by atoms with Gasteiger partial charge in [-0.25, -0.2) is 0 Å². The fourth-order valence-corrected chi connectivity index (χ4v) is 2.80. The fraction of sp³-hybridized carbons (Fsp3) is 1.00. The number of aliphatic hydroxyl groups excluding tert-OH is 7. The summed E-state index contributed by atoms with van der Waals surface area (Å²) in [6, 6.07) is 0. The van der Waals surface area contributed by atoms with Crippen LogP contribution in [-0.4, -0.2) is 110 Å². The van der Waals surface area contributed by atoms with E-state index in [0.717, 1.165) is 0 Å². The smallest absolute Gasteiger partial charge is 0.187 e. The summed E-state index contributed by atoms with van der Waals surface area (Å²) in [7, 11) is 0. The van der Waals surface area contributed by atoms with Crippen molar-refractivity contribution in [2.75, 3.05) is 13.2 Å². The third kappa shape index (κ3) is 3.66. The van der Waals surface area contributed by atoms with Crippen molar-refractivity contribution in [1.82, 2.24) is 0 Å². The van der Waals surface area contributed by atoms with Crippen LogP contribution in [-0.2, 0) is 14.2 Å². The van der Waals surface area contributed by atoms with Gasteiger partial charge in [0.2, 0.25) is 0 Å². The zero-order chi connectivity index (χ0) is 17.3. The van der Waals surface area contributed by atoms with Crippen molar-refractivity contribution in [2.24, 2.45) is 0 Å². The van der Waals surface area contributed by atoms with Gasteiger partial charge >= 0.3 is 0 Å². The van der Waals surface area contributed by atoms with E-state index in [1.165, 1.54) is 6.92 Å². The minimum absolute atomic E-state index is 0.491. The van der Waals surface area contributed by atoms with Gasteiger partial charge in [-0.15, -0.1) is 0 Å². The van der Waals surface area contributed by atoms with Crippen molar-refractivity contribution in [3.05, 3.63) is 0 Å². The van der Waals surface area contributed by atoms with E-state index in [1.807, 2.05) is 0 Å². The first-order valence-electron chi connectivity index (χ1n) is 7.40. The van der Waals surface area contributed by atoms with Gasteiger partial charge in [0.25, 0.3) is 0 Å². The lowest BCUT2D eigenvalue weighted by molar-refractivity contribution is -0.340. The molecule has 23 heavy (non-hydrogen) atoms. The Morgan fingerprint density at radius 1 is 0.739 bits per heavy atom. The molecule has 10 heteroatoms. The molecule has 0 bridgehead atoms. The first-order chi connectivity index (χ1) is 10.8. The minimum atomic E-state index is -1.63. The molecule has 0 saturated carbocycles. The van der Waals surface area contributed by atoms with Gasteiger partial charge in [0.1, 0.15) is 48.8 Å². The van der Waals surface area contributed by atoms with E-state index in [9.17, 15) is 25.5 Å². The molecule has 0 aliphatic carbocycles. The summed E-state index contributed by atoms with van der Waals surface area (Å²) in [6.45, 7) is 0.432. The van der Waals surface area contributed by atoms with Crippen LogP contribution in [0.25, 0.3) is 0 Å². The molecule has 2 saturated heterocycles. The van der Waals surface area contributed by atoms with Crippen molar-refractivity contribution in [1.29, 1.82) is 0 Å². The Bertz CT molecular complexity index is 380. The van der Waals surface area contributed by atoms with Gasteiger partial charge in [-0.2, -0.15) is 0 Å². The molecule has 0 aromatic heterocycles. The molecule has 0 spiro atoms. The van der Waals surface area contributed by atoms with E-state index in [4.69, 9.17) is 24.4 Å². The van der Waals surface area contributed by atoms with Gasteiger partial charge in [0.05, 0.1) is 19.3 Å². The van der Waals surface area contributed by atoms with Gasteiger partial charge in [0, 0.05) is 0 Å². The van der Waals surface area contributed by atoms with Gasteiger partial charge in [-0.05, 0) is 6.92 Å². The van der Waals surface area contributed by atoms with Crippen molar-refractivity contribution in [3.63, 3.8) is 0 Å². The summed E-state index contributed by atoms with van der Waals surface area (Å²) >= 11 is 0. The van der Waals surface area contributed by atoms with Crippen LogP contribution in [0.2, 0.25) is 0 Å². The second kappa shape index (κ2) is 7.66. The summed E-state index contributed by atoms with van der Waals surface area (Å²) < 4.78 is 15.9. The second-order valence-electron chi connectivity index (χ2n) is 5.84. The van der Waals surface area contributed by atoms with E-state index in [-0.39, 0.29) is 0 Å². The van der Waals surface area contributed by atoms with Crippen molar-refractivity contribution in [2.45, 2.75) is 68.1 Å². The normalized spacial score (nSPS) is 51.7. The topological polar surface area (TPSA) is 169 Å². The molecule has 10 nitrogen and oxygen atoms in total. The molecule has 2 heterocycles. The van der Waals surface area contributed by atoms with Crippen LogP contribution >= 0.6 is 0 Å². The largest absolute Gasteiger partial charge is 0.394 e. The van der Waals surface area contributed by atoms with Crippen LogP contribution in [0.1, 0.15) is 6.92 Å². The lowest BCUT2D eigenvalue weighted by Gasteiger charge is -2.45. The van der Waals surface area contributed by atoms with Crippen molar-refractivity contribution < 1.29 is 50.0 Å². The molecule has 7 N–H and O–H groups in total. The maximum atomic E-state index is 10.1. The molecule has 2 aliphatic heterocycles. The van der Waals surface area contributed by atoms with E-state index in [1.54, 1.807) is 0 Å². The van der Waals surface area contributed by atoms with E-state index >= 15 is 0 Å². The Labute approximate surface area is 132 Å². The lowest BCUT2D eigenvalue weighted by atomic mass is 9.95. The second-order valence-corrected chi connectivity index (χ2v) is 5.84. The Balaban J connectivity index is 2.08. The maximum absolute atomic E-state index is 10.1. The van der Waals surface area contributed by atoms with E-state index in [0.29, 0.717) is 0 Å². The summed E-state index contributed by atoms with van der Waals surface area (Å²) in [5.74, 6) is 0. The number of hydrogen-bond acceptors (Lipinski definition) is 10. The zero-order valence-corrected chi connectivity index (χ0v) is 12.5. The fourth-order valence-electron chi connectivity index (χ4n) is 2.80. The predicted octanol–water partition coefficient (Wildman–Crippen LogP) is -4.33. The van der Waals surface area contributed by atoms with Gasteiger partial charge in [-0.3, -0.25) is 0 Å². The minimum Gasteiger partial charge on any atom is -0.394 e. The summed E-state index contributed by atoms with van der Waals surface area (Å²) in [5, 5.41) is 67.5. The highest BCUT2D eigenvalue weighted by molar-refractivity contribution is 4.94. The highest BCUT2D eigenvalue weighted by atomic mass is 16.7. The van der Waals surface area contributed by atoms with Crippen LogP contribution in [0, 0.1) is 0 Å². The van der Waals surface area contributed by atoms with Gasteiger partial charge in [-0.1, -0.05) is 0 Å². The lowest BCUT2D eigenvalue weighted by Crippen LogP contribution is -2.63. The first kappa shape index (κ1) is 18.9. The summed E-state index contributed by atoms with van der Waals surface area (Å²) in [4.78, 5) is 0. The van der Waals surface area contributed by atoms with Crippen LogP contribution in [0.3, 0.4) is 0 Å². The van der Waals surface area contributed by atoms with Crippen LogP contribution in [0.5, 0.6) is 0 Å². The Kier molecular flexibility index (Phi) is 6.30. The van der Waals surface area contributed by atoms with Gasteiger partial charge in [0.15, 0.2) is 6.29 Å². The molecule has 0 radical (unpaired) electrons. The molecule has 2 aliphatic rings. The molecule has 0 amide bonds. The first-order valence-corrected chi connectivity index (χ1v) is 7.40. The molecular formula is C13H24O10. The monoisotopic (exact) mass is 340 g/mol. The quantitative estimate of drug-likeness (QED) is 0.265. The Morgan fingerprint density at radius 3 is 1.83 bits per heavy atom. The van der Waals surface area contributed by atoms with Crippen molar-refractivity contribution in [3.8, 4) is 0 Å². The Hall–Kier alpha value is -0.400. The molecule has 2 rings (SSSR count). The number of rotatable bonds is 4. The summed E-state index contributed by atoms with van der Waals surface area (Å²) in [5.41, 5.74) is 0. The number of ether oxygens (including phenoxy) is 3. The molecule has 2 fully saturated rings. The molecular weight excluding hydrogens is 316 g/mol.